The van der Waals surface area contributed by atoms with Crippen LogP contribution in [0.5, 0.6) is 0 Å². The number of aliphatic hydroxyl groups excluding tert-OH is 13. The molecule has 0 aromatic rings. The predicted octanol–water partition coefficient (Wildman–Crippen LogP) is -10.4. The summed E-state index contributed by atoms with van der Waals surface area (Å²) in [5, 5.41) is 147. The highest BCUT2D eigenvalue weighted by atomic mass is 16.8. The van der Waals surface area contributed by atoms with Gasteiger partial charge in [-0.25, -0.2) is 0 Å². The smallest absolute Gasteiger partial charge is 0.217 e. The fraction of sp³-hybridized carbons (Fsp3) is 0.919. The highest BCUT2D eigenvalue weighted by Gasteiger charge is 2.57. The van der Waals surface area contributed by atoms with Crippen molar-refractivity contribution in [2.75, 3.05) is 33.0 Å². The number of amides is 3. The third kappa shape index (κ3) is 11.9. The molecule has 0 radical (unpaired) electrons. The topological polar surface area (TPSA) is 433 Å². The van der Waals surface area contributed by atoms with Gasteiger partial charge in [-0.3, -0.25) is 14.4 Å². The summed E-state index contributed by atoms with van der Waals surface area (Å²) in [6.45, 7) is 0.416. The van der Waals surface area contributed by atoms with E-state index in [1.807, 2.05) is 0 Å². The molecule has 28 nitrogen and oxygen atoms in total. The van der Waals surface area contributed by atoms with Gasteiger partial charge in [0, 0.05) is 20.8 Å². The van der Waals surface area contributed by atoms with Crippen molar-refractivity contribution in [3.8, 4) is 0 Å². The maximum Gasteiger partial charge on any atom is 0.217 e. The molecule has 3 amide bonds. The minimum Gasteiger partial charge on any atom is -0.394 e. The fourth-order valence-corrected chi connectivity index (χ4v) is 8.47. The first-order valence-electron chi connectivity index (χ1n) is 20.9. The molecule has 0 aromatic carbocycles. The Morgan fingerprint density at radius 1 is 0.385 bits per heavy atom. The average molecular weight is 950 g/mol. The molecule has 28 heteroatoms. The van der Waals surface area contributed by atoms with Gasteiger partial charge in [-0.05, 0) is 6.92 Å². The number of rotatable bonds is 16. The lowest BCUT2D eigenvalue weighted by molar-refractivity contribution is -0.391. The zero-order valence-electron chi connectivity index (χ0n) is 35.7. The summed E-state index contributed by atoms with van der Waals surface area (Å²) in [7, 11) is 0. The SMILES string of the molecule is CC(=O)NC1C(O)[C@H](O)C(CO)O[C@H]1OC1C(O)[C@H](O)C(CO)O[C@@H]1OC1C(O)[C@H](O[C@@H]2C(CO)O[C@@H](O[C@@H]3C(CO)O[C@@H](C)C(NC(C)=O)C3O)C(NC(C)=O)C2O)OC(CO)[C@H]1O. The third-order valence-corrected chi connectivity index (χ3v) is 11.8. The third-order valence-electron chi connectivity index (χ3n) is 11.8. The second-order valence-corrected chi connectivity index (χ2v) is 16.5. The molecule has 5 fully saturated rings. The summed E-state index contributed by atoms with van der Waals surface area (Å²) in [4.78, 5) is 36.4. The van der Waals surface area contributed by atoms with Gasteiger partial charge in [-0.15, -0.1) is 0 Å². The number of hydrogen-bond acceptors (Lipinski definition) is 25. The van der Waals surface area contributed by atoms with Crippen LogP contribution >= 0.6 is 0 Å². The van der Waals surface area contributed by atoms with E-state index in [1.165, 1.54) is 13.8 Å². The van der Waals surface area contributed by atoms with Crippen LogP contribution in [0.15, 0.2) is 0 Å². The van der Waals surface area contributed by atoms with Crippen LogP contribution in [0.1, 0.15) is 27.7 Å². The maximum atomic E-state index is 12.5. The summed E-state index contributed by atoms with van der Waals surface area (Å²) >= 11 is 0. The minimum atomic E-state index is -2.17. The Morgan fingerprint density at radius 3 is 1.25 bits per heavy atom. The van der Waals surface area contributed by atoms with Gasteiger partial charge in [0.2, 0.25) is 17.7 Å². The van der Waals surface area contributed by atoms with Crippen LogP contribution < -0.4 is 16.0 Å². The molecule has 15 unspecified atom stereocenters. The van der Waals surface area contributed by atoms with Gasteiger partial charge in [0.1, 0.15) is 116 Å². The molecule has 376 valence electrons. The molecule has 5 rings (SSSR count). The van der Waals surface area contributed by atoms with E-state index in [4.69, 9.17) is 42.6 Å². The van der Waals surface area contributed by atoms with Crippen LogP contribution in [0.2, 0.25) is 0 Å². The van der Waals surface area contributed by atoms with Gasteiger partial charge in [0.15, 0.2) is 25.2 Å². The monoisotopic (exact) mass is 949 g/mol. The van der Waals surface area contributed by atoms with Crippen molar-refractivity contribution in [3.63, 3.8) is 0 Å². The summed E-state index contributed by atoms with van der Waals surface area (Å²) in [6.07, 6.45) is -38.5. The zero-order chi connectivity index (χ0) is 48.2. The van der Waals surface area contributed by atoms with Crippen molar-refractivity contribution < 1.29 is 123 Å². The molecule has 0 spiro atoms. The first-order valence-corrected chi connectivity index (χ1v) is 20.9. The molecule has 5 saturated heterocycles. The van der Waals surface area contributed by atoms with Gasteiger partial charge < -0.3 is 125 Å². The molecule has 5 aliphatic heterocycles. The molecule has 16 N–H and O–H groups in total. The number of nitrogens with one attached hydrogen (secondary N) is 3. The lowest BCUT2D eigenvalue weighted by atomic mass is 9.92. The Labute approximate surface area is 370 Å². The Bertz CT molecular complexity index is 1560. The Kier molecular flexibility index (Phi) is 19.1. The van der Waals surface area contributed by atoms with E-state index in [0.717, 1.165) is 13.8 Å². The molecule has 0 bridgehead atoms. The lowest BCUT2D eigenvalue weighted by Crippen LogP contribution is -2.70. The van der Waals surface area contributed by atoms with Crippen molar-refractivity contribution >= 4 is 17.7 Å². The number of ether oxygens (including phenoxy) is 9. The van der Waals surface area contributed by atoms with Crippen LogP contribution in [-0.4, -0.2) is 270 Å². The molecule has 25 atom stereocenters. The number of hydrogen-bond donors (Lipinski definition) is 16. The minimum absolute atomic E-state index is 0.530. The van der Waals surface area contributed by atoms with E-state index >= 15 is 0 Å². The number of carbonyl (C=O) groups excluding carboxylic acids is 3. The molecule has 0 aromatic heterocycles. The highest BCUT2D eigenvalue weighted by molar-refractivity contribution is 5.74. The summed E-state index contributed by atoms with van der Waals surface area (Å²) in [6, 6.07) is -4.25. The van der Waals surface area contributed by atoms with Gasteiger partial charge in [0.25, 0.3) is 0 Å². The van der Waals surface area contributed by atoms with E-state index in [-0.39, 0.29) is 0 Å². The molecule has 0 aliphatic carbocycles. The van der Waals surface area contributed by atoms with Crippen LogP contribution in [-0.2, 0) is 57.0 Å². The van der Waals surface area contributed by atoms with E-state index < -0.39 is 204 Å². The first kappa shape index (κ1) is 53.5. The van der Waals surface area contributed by atoms with E-state index in [9.17, 15) is 80.8 Å². The first-order chi connectivity index (χ1) is 30.7. The van der Waals surface area contributed by atoms with Gasteiger partial charge >= 0.3 is 0 Å². The van der Waals surface area contributed by atoms with Gasteiger partial charge in [-0.2, -0.15) is 0 Å². The van der Waals surface area contributed by atoms with E-state index in [0.29, 0.717) is 0 Å². The maximum absolute atomic E-state index is 12.5. The average Bonchev–Trinajstić information content (AvgIpc) is 3.26. The lowest BCUT2D eigenvalue weighted by Gasteiger charge is -2.50. The van der Waals surface area contributed by atoms with Gasteiger partial charge in [-0.1, -0.05) is 0 Å². The summed E-state index contributed by atoms with van der Waals surface area (Å²) in [5.41, 5.74) is 0. The van der Waals surface area contributed by atoms with Crippen molar-refractivity contribution in [3.05, 3.63) is 0 Å². The number of carbonyl (C=O) groups is 3. The van der Waals surface area contributed by atoms with Gasteiger partial charge in [0.05, 0.1) is 45.2 Å². The zero-order valence-corrected chi connectivity index (χ0v) is 35.7. The van der Waals surface area contributed by atoms with E-state index in [2.05, 4.69) is 16.0 Å². The summed E-state index contributed by atoms with van der Waals surface area (Å²) < 4.78 is 52.4. The largest absolute Gasteiger partial charge is 0.394 e. The molecular weight excluding hydrogens is 886 g/mol. The quantitative estimate of drug-likeness (QED) is 0.0683. The van der Waals surface area contributed by atoms with Crippen LogP contribution in [0.4, 0.5) is 0 Å². The van der Waals surface area contributed by atoms with Crippen molar-refractivity contribution in [1.29, 1.82) is 0 Å². The Hall–Kier alpha value is -2.47. The fourth-order valence-electron chi connectivity index (χ4n) is 8.47. The molecule has 0 saturated carbocycles. The van der Waals surface area contributed by atoms with Crippen LogP contribution in [0, 0.1) is 0 Å². The second-order valence-electron chi connectivity index (χ2n) is 16.5. The van der Waals surface area contributed by atoms with Crippen molar-refractivity contribution in [2.24, 2.45) is 0 Å². The predicted molar refractivity (Wildman–Crippen MR) is 205 cm³/mol. The molecule has 65 heavy (non-hydrogen) atoms. The van der Waals surface area contributed by atoms with Crippen molar-refractivity contribution in [1.82, 2.24) is 16.0 Å². The molecule has 5 aliphatic rings. The highest BCUT2D eigenvalue weighted by Crippen LogP contribution is 2.36. The van der Waals surface area contributed by atoms with Crippen LogP contribution in [0.3, 0.4) is 0 Å². The second kappa shape index (κ2) is 23.2. The van der Waals surface area contributed by atoms with Crippen LogP contribution in [0.25, 0.3) is 0 Å². The molecule has 5 heterocycles. The van der Waals surface area contributed by atoms with E-state index in [1.54, 1.807) is 0 Å². The summed E-state index contributed by atoms with van der Waals surface area (Å²) in [5.74, 6) is -2.02. The number of aliphatic hydroxyl groups is 13. The molecular formula is C37H63N3O25. The Morgan fingerprint density at radius 2 is 0.738 bits per heavy atom. The normalized spacial score (nSPS) is 47.1. The Balaban J connectivity index is 1.40. The van der Waals surface area contributed by atoms with Crippen molar-refractivity contribution in [2.45, 2.75) is 181 Å². The standard InChI is InChI=1S/C37H63N3O25/c1-10-19(38-11(2)46)26(53)30(17(8-44)57-10)62-35-21(40-13(4)48)27(54)31(18(9-45)61-35)63-36-29(56)32(24(51)16(7-43)59-36)64-37-33(28(55)23(50)15(6-42)60-37)65-34-20(39-12(3)47)25(52)22(49)14(5-41)58-34/h10,14-37,41-45,49-56H,5-9H2,1-4H3,(H,38,46)(H,39,47)(H,40,48)/t10-,14?,15?,16?,17?,18?,19?,20?,21?,22+,23+,24+,25?,26?,27?,28?,29?,30+,31+,32?,33?,34-,35-,36-,37+/m0/s1.